The minimum absolute atomic E-state index is 0.0390. The molecule has 148 valence electrons. The Morgan fingerprint density at radius 3 is 2.36 bits per heavy atom. The summed E-state index contributed by atoms with van der Waals surface area (Å²) in [7, 11) is 0. The van der Waals surface area contributed by atoms with Gasteiger partial charge in [0.2, 0.25) is 5.91 Å². The van der Waals surface area contributed by atoms with E-state index in [0.29, 0.717) is 5.91 Å². The molecule has 2 fully saturated rings. The van der Waals surface area contributed by atoms with E-state index in [4.69, 9.17) is 0 Å². The summed E-state index contributed by atoms with van der Waals surface area (Å²) in [5.74, 6) is 0.315. The number of likely N-dealkylation sites (tertiary alicyclic amines) is 1. The molecule has 2 saturated heterocycles. The first kappa shape index (κ1) is 18.9. The van der Waals surface area contributed by atoms with Crippen molar-refractivity contribution in [3.05, 3.63) is 59.4 Å². The Bertz CT molecular complexity index is 794. The topological polar surface area (TPSA) is 39.7 Å². The van der Waals surface area contributed by atoms with Gasteiger partial charge in [-0.1, -0.05) is 30.3 Å². The van der Waals surface area contributed by atoms with Gasteiger partial charge in [0.25, 0.3) is 0 Å². The normalized spacial score (nSPS) is 20.6. The minimum Gasteiger partial charge on any atom is -0.368 e. The zero-order valence-corrected chi connectivity index (χ0v) is 17.0. The third-order valence-corrected chi connectivity index (χ3v) is 5.90. The van der Waals surface area contributed by atoms with Crippen LogP contribution in [0.25, 0.3) is 0 Å². The van der Waals surface area contributed by atoms with E-state index in [0.717, 1.165) is 63.5 Å². The number of rotatable bonds is 4. The number of pyridine rings is 1. The molecule has 1 atom stereocenters. The maximum atomic E-state index is 13.2. The van der Waals surface area contributed by atoms with Crippen molar-refractivity contribution in [2.24, 2.45) is 0 Å². The van der Waals surface area contributed by atoms with Crippen molar-refractivity contribution < 1.29 is 4.79 Å². The second-order valence-electron chi connectivity index (χ2n) is 8.03. The van der Waals surface area contributed by atoms with Crippen LogP contribution in [0.15, 0.2) is 42.5 Å². The van der Waals surface area contributed by atoms with Gasteiger partial charge >= 0.3 is 0 Å². The van der Waals surface area contributed by atoms with E-state index in [2.05, 4.69) is 56.1 Å². The molecule has 4 rings (SSSR count). The van der Waals surface area contributed by atoms with Crippen LogP contribution in [0.3, 0.4) is 0 Å². The molecule has 0 spiro atoms. The fourth-order valence-corrected chi connectivity index (χ4v) is 4.50. The number of nitrogens with zero attached hydrogens (tertiary/aromatic N) is 4. The van der Waals surface area contributed by atoms with Crippen LogP contribution < -0.4 is 4.90 Å². The molecule has 0 N–H and O–H groups in total. The lowest BCUT2D eigenvalue weighted by atomic mass is 10.1. The molecule has 2 aliphatic rings. The van der Waals surface area contributed by atoms with Gasteiger partial charge in [0.1, 0.15) is 0 Å². The smallest absolute Gasteiger partial charge is 0.240 e. The third-order valence-electron chi connectivity index (χ3n) is 5.90. The quantitative estimate of drug-likeness (QED) is 0.820. The van der Waals surface area contributed by atoms with Gasteiger partial charge in [-0.3, -0.25) is 14.7 Å². The highest BCUT2D eigenvalue weighted by atomic mass is 16.2. The number of benzene rings is 1. The van der Waals surface area contributed by atoms with Crippen LogP contribution >= 0.6 is 0 Å². The first-order valence-corrected chi connectivity index (χ1v) is 10.4. The fraction of sp³-hybridized carbons (Fsp3) is 0.478. The molecule has 0 saturated carbocycles. The number of hydrogen-bond acceptors (Lipinski definition) is 4. The molecular formula is C23H30N4O. The molecule has 3 heterocycles. The van der Waals surface area contributed by atoms with Gasteiger partial charge in [-0.15, -0.1) is 0 Å². The molecule has 0 bridgehead atoms. The van der Waals surface area contributed by atoms with Gasteiger partial charge < -0.3 is 9.80 Å². The number of piperazine rings is 1. The SMILES string of the molecule is Cc1cc(N2CCN(C(=O)[C@@H]3CCCN3Cc3ccccc3)CC2)cc(C)n1. The standard InChI is InChI=1S/C23H30N4O/c1-18-15-21(16-19(2)24-18)25-11-13-26(14-12-25)23(28)22-9-6-10-27(22)17-20-7-4-3-5-8-20/h3-5,7-8,15-16,22H,6,9-14,17H2,1-2H3/t22-/m0/s1. The van der Waals surface area contributed by atoms with E-state index in [1.807, 2.05) is 19.9 Å². The molecule has 0 radical (unpaired) electrons. The van der Waals surface area contributed by atoms with Crippen LogP contribution in [0.1, 0.15) is 29.8 Å². The summed E-state index contributed by atoms with van der Waals surface area (Å²) in [5.41, 5.74) is 4.62. The lowest BCUT2D eigenvalue weighted by Gasteiger charge is -2.38. The van der Waals surface area contributed by atoms with Crippen LogP contribution in [0, 0.1) is 13.8 Å². The van der Waals surface area contributed by atoms with Gasteiger partial charge in [-0.2, -0.15) is 0 Å². The highest BCUT2D eigenvalue weighted by Crippen LogP contribution is 2.24. The first-order valence-electron chi connectivity index (χ1n) is 10.4. The summed E-state index contributed by atoms with van der Waals surface area (Å²) in [4.78, 5) is 24.5. The van der Waals surface area contributed by atoms with Crippen molar-refractivity contribution in [3.8, 4) is 0 Å². The zero-order chi connectivity index (χ0) is 19.5. The van der Waals surface area contributed by atoms with Crippen LogP contribution in [0.4, 0.5) is 5.69 Å². The Morgan fingerprint density at radius 1 is 1.00 bits per heavy atom. The Morgan fingerprint density at radius 2 is 1.68 bits per heavy atom. The minimum atomic E-state index is 0.0390. The van der Waals surface area contributed by atoms with E-state index in [1.54, 1.807) is 0 Å². The molecule has 5 nitrogen and oxygen atoms in total. The van der Waals surface area contributed by atoms with Crippen molar-refractivity contribution in [1.29, 1.82) is 0 Å². The molecule has 1 aromatic heterocycles. The average Bonchev–Trinajstić information content (AvgIpc) is 3.15. The molecule has 1 aromatic carbocycles. The van der Waals surface area contributed by atoms with Gasteiger partial charge in [0.05, 0.1) is 6.04 Å². The monoisotopic (exact) mass is 378 g/mol. The van der Waals surface area contributed by atoms with Gasteiger partial charge in [-0.05, 0) is 50.9 Å². The molecule has 0 aliphatic carbocycles. The molecule has 5 heteroatoms. The Kier molecular flexibility index (Phi) is 5.62. The molecule has 2 aliphatic heterocycles. The van der Waals surface area contributed by atoms with Crippen molar-refractivity contribution >= 4 is 11.6 Å². The van der Waals surface area contributed by atoms with Gasteiger partial charge in [0.15, 0.2) is 0 Å². The highest BCUT2D eigenvalue weighted by Gasteiger charge is 2.34. The second kappa shape index (κ2) is 8.31. The summed E-state index contributed by atoms with van der Waals surface area (Å²) in [6, 6.07) is 14.8. The Hall–Kier alpha value is -2.40. The van der Waals surface area contributed by atoms with Crippen LogP contribution in [-0.4, -0.2) is 59.5 Å². The second-order valence-corrected chi connectivity index (χ2v) is 8.03. The maximum Gasteiger partial charge on any atom is 0.240 e. The molecular weight excluding hydrogens is 348 g/mol. The molecule has 0 unspecified atom stereocenters. The summed E-state index contributed by atoms with van der Waals surface area (Å²) in [5, 5.41) is 0. The lowest BCUT2D eigenvalue weighted by Crippen LogP contribution is -2.53. The average molecular weight is 379 g/mol. The van der Waals surface area contributed by atoms with Crippen LogP contribution in [-0.2, 0) is 11.3 Å². The van der Waals surface area contributed by atoms with Crippen LogP contribution in [0.5, 0.6) is 0 Å². The Balaban J connectivity index is 1.36. The van der Waals surface area contributed by atoms with Gasteiger partial charge in [-0.25, -0.2) is 0 Å². The van der Waals surface area contributed by atoms with E-state index < -0.39 is 0 Å². The van der Waals surface area contributed by atoms with E-state index in [9.17, 15) is 4.79 Å². The van der Waals surface area contributed by atoms with Crippen molar-refractivity contribution in [1.82, 2.24) is 14.8 Å². The number of anilines is 1. The molecule has 1 amide bonds. The van der Waals surface area contributed by atoms with E-state index in [1.165, 1.54) is 11.3 Å². The summed E-state index contributed by atoms with van der Waals surface area (Å²) < 4.78 is 0. The maximum absolute atomic E-state index is 13.2. The summed E-state index contributed by atoms with van der Waals surface area (Å²) in [6.07, 6.45) is 2.09. The largest absolute Gasteiger partial charge is 0.368 e. The number of carbonyl (C=O) groups excluding carboxylic acids is 1. The number of aromatic nitrogens is 1. The third kappa shape index (κ3) is 4.20. The zero-order valence-electron chi connectivity index (χ0n) is 17.0. The van der Waals surface area contributed by atoms with Crippen LogP contribution in [0.2, 0.25) is 0 Å². The fourth-order valence-electron chi connectivity index (χ4n) is 4.50. The number of carbonyl (C=O) groups is 1. The molecule has 2 aromatic rings. The first-order chi connectivity index (χ1) is 13.6. The van der Waals surface area contributed by atoms with Crippen molar-refractivity contribution in [2.75, 3.05) is 37.6 Å². The van der Waals surface area contributed by atoms with E-state index >= 15 is 0 Å². The number of amides is 1. The number of hydrogen-bond donors (Lipinski definition) is 0. The van der Waals surface area contributed by atoms with Crippen molar-refractivity contribution in [3.63, 3.8) is 0 Å². The Labute approximate surface area is 168 Å². The number of aryl methyl sites for hydroxylation is 2. The highest BCUT2D eigenvalue weighted by molar-refractivity contribution is 5.82. The van der Waals surface area contributed by atoms with Gasteiger partial charge in [0, 0.05) is 49.8 Å². The van der Waals surface area contributed by atoms with E-state index in [-0.39, 0.29) is 6.04 Å². The predicted molar refractivity (Wildman–Crippen MR) is 112 cm³/mol. The summed E-state index contributed by atoms with van der Waals surface area (Å²) in [6.45, 7) is 9.34. The van der Waals surface area contributed by atoms with Crippen molar-refractivity contribution in [2.45, 2.75) is 39.3 Å². The molecule has 28 heavy (non-hydrogen) atoms. The lowest BCUT2D eigenvalue weighted by molar-refractivity contribution is -0.136. The summed E-state index contributed by atoms with van der Waals surface area (Å²) >= 11 is 0. The predicted octanol–water partition coefficient (Wildman–Crippen LogP) is 3.01.